The van der Waals surface area contributed by atoms with E-state index in [4.69, 9.17) is 9.47 Å². The predicted octanol–water partition coefficient (Wildman–Crippen LogP) is 2.78. The van der Waals surface area contributed by atoms with Gasteiger partial charge < -0.3 is 14.8 Å². The van der Waals surface area contributed by atoms with Gasteiger partial charge in [0.15, 0.2) is 0 Å². The summed E-state index contributed by atoms with van der Waals surface area (Å²) < 4.78 is 10.5. The molecule has 0 atom stereocenters. The Labute approximate surface area is 132 Å². The van der Waals surface area contributed by atoms with Crippen molar-refractivity contribution in [2.24, 2.45) is 5.41 Å². The molecule has 0 aromatic heterocycles. The zero-order chi connectivity index (χ0) is 16.4. The van der Waals surface area contributed by atoms with Gasteiger partial charge in [0.1, 0.15) is 0 Å². The van der Waals surface area contributed by atoms with E-state index in [2.05, 4.69) is 44.8 Å². The van der Waals surface area contributed by atoms with Gasteiger partial charge in [-0.05, 0) is 39.0 Å². The minimum Gasteiger partial charge on any atom is -0.383 e. The summed E-state index contributed by atoms with van der Waals surface area (Å²) in [6, 6.07) is 0. The van der Waals surface area contributed by atoms with E-state index < -0.39 is 0 Å². The fraction of sp³-hybridized carbons (Fsp3) is 1.00. The fourth-order valence-electron chi connectivity index (χ4n) is 2.42. The minimum absolute atomic E-state index is 0.166. The first-order valence-corrected chi connectivity index (χ1v) is 8.27. The molecule has 0 rings (SSSR count). The summed E-state index contributed by atoms with van der Waals surface area (Å²) in [5.74, 6) is 0. The van der Waals surface area contributed by atoms with Crippen molar-refractivity contribution in [1.29, 1.82) is 0 Å². The first kappa shape index (κ1) is 20.8. The smallest absolute Gasteiger partial charge is 0.0589 e. The highest BCUT2D eigenvalue weighted by molar-refractivity contribution is 4.86. The van der Waals surface area contributed by atoms with E-state index in [-0.39, 0.29) is 5.54 Å². The molecule has 4 heteroatoms. The van der Waals surface area contributed by atoms with Gasteiger partial charge in [-0.25, -0.2) is 0 Å². The molecule has 0 aliphatic carbocycles. The summed E-state index contributed by atoms with van der Waals surface area (Å²) in [5.41, 5.74) is 0.480. The molecule has 1 N–H and O–H groups in total. The lowest BCUT2D eigenvalue weighted by Gasteiger charge is -2.39. The van der Waals surface area contributed by atoms with Crippen molar-refractivity contribution >= 4 is 0 Å². The van der Waals surface area contributed by atoms with Crippen LogP contribution in [0.1, 0.15) is 47.5 Å². The molecule has 128 valence electrons. The van der Waals surface area contributed by atoms with Gasteiger partial charge in [0.2, 0.25) is 0 Å². The molecule has 0 radical (unpaired) electrons. The second-order valence-corrected chi connectivity index (χ2v) is 7.07. The van der Waals surface area contributed by atoms with Crippen molar-refractivity contribution in [3.05, 3.63) is 0 Å². The summed E-state index contributed by atoms with van der Waals surface area (Å²) in [5, 5.41) is 3.69. The van der Waals surface area contributed by atoms with Crippen LogP contribution >= 0.6 is 0 Å². The van der Waals surface area contributed by atoms with E-state index in [0.717, 1.165) is 39.4 Å². The second kappa shape index (κ2) is 10.5. The predicted molar refractivity (Wildman–Crippen MR) is 91.0 cm³/mol. The summed E-state index contributed by atoms with van der Waals surface area (Å²) in [4.78, 5) is 2.48. The van der Waals surface area contributed by atoms with Gasteiger partial charge in [-0.15, -0.1) is 0 Å². The monoisotopic (exact) mass is 302 g/mol. The first-order valence-electron chi connectivity index (χ1n) is 8.27. The van der Waals surface area contributed by atoms with Crippen LogP contribution < -0.4 is 5.32 Å². The number of rotatable bonds is 12. The number of ether oxygens (including phenoxy) is 2. The molecule has 0 unspecified atom stereocenters. The molecule has 0 saturated heterocycles. The Bertz CT molecular complexity index is 240. The number of nitrogens with zero attached hydrogens (tertiary/aromatic N) is 1. The van der Waals surface area contributed by atoms with Crippen LogP contribution in [0.3, 0.4) is 0 Å². The quantitative estimate of drug-likeness (QED) is 0.601. The van der Waals surface area contributed by atoms with Crippen LogP contribution in [0.4, 0.5) is 0 Å². The lowest BCUT2D eigenvalue weighted by molar-refractivity contribution is 0.0712. The molecule has 0 aliphatic rings. The van der Waals surface area contributed by atoms with E-state index in [0.29, 0.717) is 5.41 Å². The number of hydrogen-bond acceptors (Lipinski definition) is 4. The van der Waals surface area contributed by atoms with Crippen LogP contribution in [0.25, 0.3) is 0 Å². The van der Waals surface area contributed by atoms with Gasteiger partial charge in [-0.1, -0.05) is 13.8 Å². The maximum Gasteiger partial charge on any atom is 0.0589 e. The first-order chi connectivity index (χ1) is 9.82. The van der Waals surface area contributed by atoms with Crippen molar-refractivity contribution in [2.45, 2.75) is 53.0 Å². The molecule has 0 saturated carbocycles. The van der Waals surface area contributed by atoms with Gasteiger partial charge in [-0.2, -0.15) is 0 Å². The van der Waals surface area contributed by atoms with E-state index >= 15 is 0 Å². The standard InChI is InChI=1S/C17H38N2O2/c1-8-17(9-2,14-18-16(3,4)5)15-19(10-12-20-6)11-13-21-7/h18H,8-15H2,1-7H3. The molecule has 0 spiro atoms. The van der Waals surface area contributed by atoms with Crippen molar-refractivity contribution in [3.63, 3.8) is 0 Å². The minimum atomic E-state index is 0.166. The van der Waals surface area contributed by atoms with E-state index in [1.165, 1.54) is 12.8 Å². The lowest BCUT2D eigenvalue weighted by atomic mass is 9.81. The van der Waals surface area contributed by atoms with Crippen LogP contribution in [0.2, 0.25) is 0 Å². The number of methoxy groups -OCH3 is 2. The van der Waals surface area contributed by atoms with Gasteiger partial charge >= 0.3 is 0 Å². The average molecular weight is 303 g/mol. The van der Waals surface area contributed by atoms with E-state index in [9.17, 15) is 0 Å². The maximum atomic E-state index is 5.25. The Morgan fingerprint density at radius 2 is 1.38 bits per heavy atom. The Hall–Kier alpha value is -0.160. The van der Waals surface area contributed by atoms with Crippen LogP contribution in [0.5, 0.6) is 0 Å². The van der Waals surface area contributed by atoms with Crippen molar-refractivity contribution < 1.29 is 9.47 Å². The highest BCUT2D eigenvalue weighted by Gasteiger charge is 2.30. The Morgan fingerprint density at radius 3 is 1.71 bits per heavy atom. The van der Waals surface area contributed by atoms with Gasteiger partial charge in [0, 0.05) is 45.9 Å². The summed E-state index contributed by atoms with van der Waals surface area (Å²) in [6.45, 7) is 16.9. The van der Waals surface area contributed by atoms with Crippen molar-refractivity contribution in [2.75, 3.05) is 53.6 Å². The third-order valence-corrected chi connectivity index (χ3v) is 4.28. The highest BCUT2D eigenvalue weighted by Crippen LogP contribution is 2.27. The van der Waals surface area contributed by atoms with E-state index in [1.807, 2.05) is 0 Å². The molecule has 0 fully saturated rings. The Morgan fingerprint density at radius 1 is 0.905 bits per heavy atom. The summed E-state index contributed by atoms with van der Waals surface area (Å²) >= 11 is 0. The zero-order valence-corrected chi connectivity index (χ0v) is 15.4. The highest BCUT2D eigenvalue weighted by atomic mass is 16.5. The molecule has 21 heavy (non-hydrogen) atoms. The SMILES string of the molecule is CCC(CC)(CNC(C)(C)C)CN(CCOC)CCOC. The molecule has 4 nitrogen and oxygen atoms in total. The second-order valence-electron chi connectivity index (χ2n) is 7.07. The van der Waals surface area contributed by atoms with Crippen LogP contribution in [0.15, 0.2) is 0 Å². The molecule has 0 aromatic rings. The topological polar surface area (TPSA) is 33.7 Å². The molecular formula is C17H38N2O2. The van der Waals surface area contributed by atoms with Crippen LogP contribution in [0, 0.1) is 5.41 Å². The van der Waals surface area contributed by atoms with Crippen molar-refractivity contribution in [1.82, 2.24) is 10.2 Å². The summed E-state index contributed by atoms with van der Waals surface area (Å²) in [7, 11) is 3.53. The van der Waals surface area contributed by atoms with Crippen molar-refractivity contribution in [3.8, 4) is 0 Å². The molecule has 0 aliphatic heterocycles. The fourth-order valence-corrected chi connectivity index (χ4v) is 2.42. The van der Waals surface area contributed by atoms with Gasteiger partial charge in [0.25, 0.3) is 0 Å². The van der Waals surface area contributed by atoms with Gasteiger partial charge in [0.05, 0.1) is 13.2 Å². The van der Waals surface area contributed by atoms with Crippen LogP contribution in [-0.2, 0) is 9.47 Å². The number of nitrogens with one attached hydrogen (secondary N) is 1. The third kappa shape index (κ3) is 9.46. The number of hydrogen-bond donors (Lipinski definition) is 1. The Balaban J connectivity index is 4.71. The van der Waals surface area contributed by atoms with Gasteiger partial charge in [-0.3, -0.25) is 4.90 Å². The maximum absolute atomic E-state index is 5.25. The largest absolute Gasteiger partial charge is 0.383 e. The third-order valence-electron chi connectivity index (χ3n) is 4.28. The normalized spacial score (nSPS) is 13.1. The summed E-state index contributed by atoms with van der Waals surface area (Å²) in [6.07, 6.45) is 2.37. The lowest BCUT2D eigenvalue weighted by Crippen LogP contribution is -2.49. The molecular weight excluding hydrogens is 264 g/mol. The molecule has 0 aromatic carbocycles. The molecule has 0 amide bonds. The average Bonchev–Trinajstić information content (AvgIpc) is 2.45. The van der Waals surface area contributed by atoms with E-state index in [1.54, 1.807) is 14.2 Å². The Kier molecular flexibility index (Phi) is 10.5. The zero-order valence-electron chi connectivity index (χ0n) is 15.4. The van der Waals surface area contributed by atoms with Crippen LogP contribution in [-0.4, -0.2) is 64.1 Å². The molecule has 0 bridgehead atoms. The molecule has 0 heterocycles.